The minimum Gasteiger partial charge on any atom is -0.484 e. The molecule has 2 amide bonds. The van der Waals surface area contributed by atoms with Gasteiger partial charge in [-0.05, 0) is 35.7 Å². The quantitative estimate of drug-likeness (QED) is 0.582. The van der Waals surface area contributed by atoms with Crippen LogP contribution in [0.1, 0.15) is 29.8 Å². The summed E-state index contributed by atoms with van der Waals surface area (Å²) in [7, 11) is -1.75. The predicted octanol–water partition coefficient (Wildman–Crippen LogP) is 2.48. The van der Waals surface area contributed by atoms with Crippen LogP contribution >= 0.6 is 0 Å². The molecule has 9 heteroatoms. The molecule has 0 aliphatic carbocycles. The summed E-state index contributed by atoms with van der Waals surface area (Å²) in [6.07, 6.45) is 1.15. The van der Waals surface area contributed by atoms with Crippen molar-refractivity contribution in [2.24, 2.45) is 5.92 Å². The standard InChI is InChI=1S/C22H29N3O5S/c1-16(2)13-23-22(27)19-7-5-6-8-20(19)24-21(26)15-30-18-11-9-17(10-12-18)14-25(3)31(4,28)29/h5-12,16H,13-15H2,1-4H3,(H,23,27)(H,24,26). The molecule has 2 aromatic rings. The Morgan fingerprint density at radius 2 is 1.71 bits per heavy atom. The van der Waals surface area contributed by atoms with E-state index in [2.05, 4.69) is 10.6 Å². The monoisotopic (exact) mass is 447 g/mol. The second-order valence-corrected chi connectivity index (χ2v) is 9.74. The van der Waals surface area contributed by atoms with Gasteiger partial charge in [-0.15, -0.1) is 0 Å². The van der Waals surface area contributed by atoms with Crippen molar-refractivity contribution in [1.82, 2.24) is 9.62 Å². The van der Waals surface area contributed by atoms with E-state index >= 15 is 0 Å². The first-order valence-electron chi connectivity index (χ1n) is 9.86. The van der Waals surface area contributed by atoms with Crippen LogP contribution in [0.3, 0.4) is 0 Å². The van der Waals surface area contributed by atoms with Crippen LogP contribution in [0.4, 0.5) is 5.69 Å². The fourth-order valence-corrected chi connectivity index (χ4v) is 2.97. The van der Waals surface area contributed by atoms with Gasteiger partial charge in [0.1, 0.15) is 5.75 Å². The Hall–Kier alpha value is -2.91. The summed E-state index contributed by atoms with van der Waals surface area (Å²) < 4.78 is 29.7. The summed E-state index contributed by atoms with van der Waals surface area (Å²) in [5.41, 5.74) is 1.60. The zero-order valence-corrected chi connectivity index (χ0v) is 19.0. The van der Waals surface area contributed by atoms with Crippen LogP contribution in [-0.4, -0.2) is 51.0 Å². The van der Waals surface area contributed by atoms with Crippen molar-refractivity contribution in [3.63, 3.8) is 0 Å². The largest absolute Gasteiger partial charge is 0.484 e. The van der Waals surface area contributed by atoms with Crippen LogP contribution < -0.4 is 15.4 Å². The number of hydrogen-bond acceptors (Lipinski definition) is 5. The highest BCUT2D eigenvalue weighted by Gasteiger charge is 2.14. The Morgan fingerprint density at radius 1 is 1.06 bits per heavy atom. The molecule has 0 bridgehead atoms. The van der Waals surface area contributed by atoms with E-state index in [4.69, 9.17) is 4.74 Å². The molecule has 2 N–H and O–H groups in total. The van der Waals surface area contributed by atoms with E-state index in [1.54, 1.807) is 48.5 Å². The molecular formula is C22H29N3O5S. The van der Waals surface area contributed by atoms with E-state index in [0.29, 0.717) is 29.5 Å². The molecule has 2 aromatic carbocycles. The minimum atomic E-state index is -3.26. The number of nitrogens with one attached hydrogen (secondary N) is 2. The summed E-state index contributed by atoms with van der Waals surface area (Å²) in [5, 5.41) is 5.54. The van der Waals surface area contributed by atoms with Crippen molar-refractivity contribution in [2.45, 2.75) is 20.4 Å². The lowest BCUT2D eigenvalue weighted by Gasteiger charge is -2.14. The first-order valence-corrected chi connectivity index (χ1v) is 11.7. The smallest absolute Gasteiger partial charge is 0.262 e. The van der Waals surface area contributed by atoms with Crippen molar-refractivity contribution >= 4 is 27.5 Å². The molecular weight excluding hydrogens is 418 g/mol. The molecule has 8 nitrogen and oxygen atoms in total. The van der Waals surface area contributed by atoms with Crippen molar-refractivity contribution < 1.29 is 22.7 Å². The topological polar surface area (TPSA) is 105 Å². The fraction of sp³-hybridized carbons (Fsp3) is 0.364. The first-order chi connectivity index (χ1) is 14.6. The number of benzene rings is 2. The zero-order chi connectivity index (χ0) is 23.0. The maximum absolute atomic E-state index is 12.4. The highest BCUT2D eigenvalue weighted by Crippen LogP contribution is 2.17. The SMILES string of the molecule is CC(C)CNC(=O)c1ccccc1NC(=O)COc1ccc(CN(C)S(C)(=O)=O)cc1. The van der Waals surface area contributed by atoms with E-state index in [-0.39, 0.29) is 19.1 Å². The molecule has 0 unspecified atom stereocenters. The van der Waals surface area contributed by atoms with Gasteiger partial charge in [-0.1, -0.05) is 38.1 Å². The van der Waals surface area contributed by atoms with Gasteiger partial charge >= 0.3 is 0 Å². The van der Waals surface area contributed by atoms with Gasteiger partial charge in [-0.25, -0.2) is 12.7 Å². The number of amides is 2. The van der Waals surface area contributed by atoms with Crippen molar-refractivity contribution in [1.29, 1.82) is 0 Å². The molecule has 168 valence electrons. The number of para-hydroxylation sites is 1. The third kappa shape index (κ3) is 8.03. The lowest BCUT2D eigenvalue weighted by molar-refractivity contribution is -0.118. The fourth-order valence-electron chi connectivity index (χ4n) is 2.58. The average molecular weight is 448 g/mol. The maximum Gasteiger partial charge on any atom is 0.262 e. The normalized spacial score (nSPS) is 11.4. The molecule has 31 heavy (non-hydrogen) atoms. The Morgan fingerprint density at radius 3 is 2.32 bits per heavy atom. The molecule has 0 aliphatic rings. The van der Waals surface area contributed by atoms with Gasteiger partial charge in [0.05, 0.1) is 17.5 Å². The Labute approximate surface area is 183 Å². The van der Waals surface area contributed by atoms with Crippen molar-refractivity contribution in [2.75, 3.05) is 31.8 Å². The molecule has 0 atom stereocenters. The number of ether oxygens (including phenoxy) is 1. The van der Waals surface area contributed by atoms with E-state index in [1.165, 1.54) is 11.4 Å². The van der Waals surface area contributed by atoms with Crippen LogP contribution in [0.5, 0.6) is 5.75 Å². The van der Waals surface area contributed by atoms with Crippen LogP contribution in [0.25, 0.3) is 0 Å². The molecule has 0 radical (unpaired) electrons. The first kappa shape index (κ1) is 24.4. The Kier molecular flexibility index (Phi) is 8.58. The van der Waals surface area contributed by atoms with E-state index in [9.17, 15) is 18.0 Å². The summed E-state index contributed by atoms with van der Waals surface area (Å²) in [4.78, 5) is 24.7. The number of carbonyl (C=O) groups excluding carboxylic acids is 2. The molecule has 0 aromatic heterocycles. The minimum absolute atomic E-state index is 0.232. The number of nitrogens with zero attached hydrogens (tertiary/aromatic N) is 1. The van der Waals surface area contributed by atoms with Gasteiger partial charge in [0, 0.05) is 20.1 Å². The predicted molar refractivity (Wildman–Crippen MR) is 120 cm³/mol. The van der Waals surface area contributed by atoms with E-state index < -0.39 is 15.9 Å². The van der Waals surface area contributed by atoms with Crippen LogP contribution in [0, 0.1) is 5.92 Å². The lowest BCUT2D eigenvalue weighted by atomic mass is 10.1. The second-order valence-electron chi connectivity index (χ2n) is 7.65. The number of carbonyl (C=O) groups is 2. The van der Waals surface area contributed by atoms with E-state index in [1.807, 2.05) is 13.8 Å². The highest BCUT2D eigenvalue weighted by molar-refractivity contribution is 7.88. The summed E-state index contributed by atoms with van der Waals surface area (Å²) in [5.74, 6) is 0.145. The summed E-state index contributed by atoms with van der Waals surface area (Å²) in [6, 6.07) is 13.6. The lowest BCUT2D eigenvalue weighted by Crippen LogP contribution is -2.29. The third-order valence-electron chi connectivity index (χ3n) is 4.38. The van der Waals surface area contributed by atoms with Crippen LogP contribution in [0.2, 0.25) is 0 Å². The van der Waals surface area contributed by atoms with Gasteiger partial charge in [-0.2, -0.15) is 0 Å². The van der Waals surface area contributed by atoms with Gasteiger partial charge in [0.15, 0.2) is 6.61 Å². The zero-order valence-electron chi connectivity index (χ0n) is 18.2. The van der Waals surface area contributed by atoms with E-state index in [0.717, 1.165) is 11.8 Å². The third-order valence-corrected chi connectivity index (χ3v) is 5.64. The molecule has 0 heterocycles. The Bertz CT molecular complexity index is 1000. The maximum atomic E-state index is 12.4. The van der Waals surface area contributed by atoms with Crippen LogP contribution in [0.15, 0.2) is 48.5 Å². The number of rotatable bonds is 10. The second kappa shape index (κ2) is 10.9. The molecule has 2 rings (SSSR count). The van der Waals surface area contributed by atoms with Gasteiger partial charge in [-0.3, -0.25) is 9.59 Å². The number of hydrogen-bond donors (Lipinski definition) is 2. The molecule has 0 spiro atoms. The van der Waals surface area contributed by atoms with Crippen molar-refractivity contribution in [3.8, 4) is 5.75 Å². The summed E-state index contributed by atoms with van der Waals surface area (Å²) in [6.45, 7) is 4.56. The molecule has 0 saturated heterocycles. The molecule has 0 saturated carbocycles. The Balaban J connectivity index is 1.92. The highest BCUT2D eigenvalue weighted by atomic mass is 32.2. The van der Waals surface area contributed by atoms with Crippen molar-refractivity contribution in [3.05, 3.63) is 59.7 Å². The van der Waals surface area contributed by atoms with Gasteiger partial charge in [0.25, 0.3) is 11.8 Å². The number of anilines is 1. The summed E-state index contributed by atoms with van der Waals surface area (Å²) >= 11 is 0. The number of sulfonamides is 1. The average Bonchev–Trinajstić information content (AvgIpc) is 2.71. The molecule has 0 aliphatic heterocycles. The van der Waals surface area contributed by atoms with Crippen LogP contribution in [-0.2, 0) is 21.4 Å². The van der Waals surface area contributed by atoms with Gasteiger partial charge < -0.3 is 15.4 Å². The molecule has 0 fully saturated rings. The van der Waals surface area contributed by atoms with Gasteiger partial charge in [0.2, 0.25) is 10.0 Å².